The summed E-state index contributed by atoms with van der Waals surface area (Å²) in [4.78, 5) is 36.2. The number of rotatable bonds is 6. The van der Waals surface area contributed by atoms with Crippen molar-refractivity contribution in [1.82, 2.24) is 14.8 Å². The Hall–Kier alpha value is -3.01. The molecule has 0 aliphatic carbocycles. The molecule has 29 heavy (non-hydrogen) atoms. The molecule has 0 saturated carbocycles. The summed E-state index contributed by atoms with van der Waals surface area (Å²) in [5.41, 5.74) is -0.574. The third-order valence-electron chi connectivity index (χ3n) is 3.44. The maximum Gasteiger partial charge on any atom is 0.416 e. The van der Waals surface area contributed by atoms with Gasteiger partial charge in [0.2, 0.25) is 0 Å². The van der Waals surface area contributed by atoms with Crippen LogP contribution in [0.3, 0.4) is 0 Å². The van der Waals surface area contributed by atoms with E-state index in [0.717, 1.165) is 23.5 Å². The van der Waals surface area contributed by atoms with E-state index in [1.807, 2.05) is 0 Å². The third-order valence-corrected chi connectivity index (χ3v) is 4.56. The molecule has 0 bridgehead atoms. The van der Waals surface area contributed by atoms with Gasteiger partial charge in [-0.3, -0.25) is 9.59 Å². The number of allylic oxidation sites excluding steroid dienone is 1. The van der Waals surface area contributed by atoms with Crippen molar-refractivity contribution < 1.29 is 22.8 Å². The first kappa shape index (κ1) is 22.3. The quantitative estimate of drug-likeness (QED) is 0.305. The molecule has 1 heterocycles. The maximum atomic E-state index is 12.8. The first-order valence-electron chi connectivity index (χ1n) is 8.31. The van der Waals surface area contributed by atoms with Crippen molar-refractivity contribution in [3.8, 4) is 10.6 Å². The molecular weight excluding hydrogens is 405 g/mol. The number of hydrogen-bond acceptors (Lipinski definition) is 5. The molecule has 10 heteroatoms. The van der Waals surface area contributed by atoms with Crippen LogP contribution in [0.4, 0.5) is 13.2 Å². The molecule has 0 saturated heterocycles. The number of carbonyl (C=O) groups excluding carboxylic acids is 2. The largest absolute Gasteiger partial charge is 0.416 e. The Kier molecular flexibility index (Phi) is 6.91. The normalized spacial score (nSPS) is 12.0. The van der Waals surface area contributed by atoms with Crippen molar-refractivity contribution in [2.24, 2.45) is 4.99 Å². The molecule has 1 aromatic heterocycles. The van der Waals surface area contributed by atoms with E-state index in [0.29, 0.717) is 5.56 Å². The first-order valence-corrected chi connectivity index (χ1v) is 9.13. The molecule has 0 atom stereocenters. The topological polar surface area (TPSA) is 65.9 Å². The molecule has 6 nitrogen and oxygen atoms in total. The highest BCUT2D eigenvalue weighted by atomic mass is 32.1. The Morgan fingerprint density at radius 3 is 2.21 bits per heavy atom. The van der Waals surface area contributed by atoms with Crippen LogP contribution in [0.25, 0.3) is 10.6 Å². The minimum atomic E-state index is -4.46. The molecule has 0 N–H and O–H groups in total. The van der Waals surface area contributed by atoms with E-state index >= 15 is 0 Å². The molecule has 154 valence electrons. The lowest BCUT2D eigenvalue weighted by atomic mass is 10.1. The summed E-state index contributed by atoms with van der Waals surface area (Å²) in [6.45, 7) is 0. The summed E-state index contributed by atoms with van der Waals surface area (Å²) in [6.07, 6.45) is -0.362. The molecular formula is C19H19F3N4O2S. The summed E-state index contributed by atoms with van der Waals surface area (Å²) >= 11 is 0.928. The van der Waals surface area contributed by atoms with Gasteiger partial charge in [-0.15, -0.1) is 11.3 Å². The van der Waals surface area contributed by atoms with Crippen LogP contribution in [0.5, 0.6) is 0 Å². The molecule has 0 aliphatic rings. The number of amides is 1. The van der Waals surface area contributed by atoms with Gasteiger partial charge < -0.3 is 9.80 Å². The second-order valence-electron chi connectivity index (χ2n) is 6.43. The van der Waals surface area contributed by atoms with Crippen LogP contribution in [-0.2, 0) is 6.18 Å². The number of alkyl halides is 3. The average molecular weight is 424 g/mol. The van der Waals surface area contributed by atoms with Gasteiger partial charge in [0, 0.05) is 46.0 Å². The summed E-state index contributed by atoms with van der Waals surface area (Å²) in [5.74, 6) is -1.16. The number of hydrogen-bond donors (Lipinski definition) is 0. The number of aromatic nitrogens is 1. The van der Waals surface area contributed by atoms with Gasteiger partial charge in [-0.25, -0.2) is 4.98 Å². The van der Waals surface area contributed by atoms with Gasteiger partial charge in [0.05, 0.1) is 11.9 Å². The van der Waals surface area contributed by atoms with Crippen LogP contribution in [0.1, 0.15) is 25.7 Å². The van der Waals surface area contributed by atoms with E-state index in [2.05, 4.69) is 9.98 Å². The van der Waals surface area contributed by atoms with E-state index in [4.69, 9.17) is 0 Å². The van der Waals surface area contributed by atoms with Gasteiger partial charge in [-0.2, -0.15) is 18.2 Å². The summed E-state index contributed by atoms with van der Waals surface area (Å²) in [5, 5.41) is 0.253. The lowest BCUT2D eigenvalue weighted by molar-refractivity contribution is -0.137. The smallest absolute Gasteiger partial charge is 0.383 e. The SMILES string of the molecule is CN(C)C=NC(=O)c1nc(-c2ccc(C(F)(F)F)cc2)sc1C(=O)/C=C\N(C)C. The second kappa shape index (κ2) is 8.99. The molecule has 0 spiro atoms. The minimum Gasteiger partial charge on any atom is -0.383 e. The van der Waals surface area contributed by atoms with Crippen LogP contribution >= 0.6 is 11.3 Å². The first-order chi connectivity index (χ1) is 13.5. The Morgan fingerprint density at radius 1 is 1.07 bits per heavy atom. The number of thiazole rings is 1. The summed E-state index contributed by atoms with van der Waals surface area (Å²) in [6, 6.07) is 4.36. The van der Waals surface area contributed by atoms with E-state index < -0.39 is 23.4 Å². The predicted octanol–water partition coefficient (Wildman–Crippen LogP) is 3.82. The highest BCUT2D eigenvalue weighted by Crippen LogP contribution is 2.33. The van der Waals surface area contributed by atoms with Gasteiger partial charge in [-0.1, -0.05) is 12.1 Å². The Labute approximate surface area is 170 Å². The second-order valence-corrected chi connectivity index (χ2v) is 7.43. The molecule has 0 unspecified atom stereocenters. The van der Waals surface area contributed by atoms with E-state index in [9.17, 15) is 22.8 Å². The van der Waals surface area contributed by atoms with Crippen molar-refractivity contribution in [3.63, 3.8) is 0 Å². The van der Waals surface area contributed by atoms with Crippen LogP contribution < -0.4 is 0 Å². The lowest BCUT2D eigenvalue weighted by Gasteiger charge is -2.06. The van der Waals surface area contributed by atoms with Crippen LogP contribution in [0.15, 0.2) is 41.5 Å². The fraction of sp³-hybridized carbons (Fsp3) is 0.263. The molecule has 1 aromatic carbocycles. The maximum absolute atomic E-state index is 12.8. The number of benzene rings is 1. The van der Waals surface area contributed by atoms with Crippen LogP contribution in [-0.4, -0.2) is 61.0 Å². The van der Waals surface area contributed by atoms with Gasteiger partial charge in [-0.05, 0) is 12.1 Å². The van der Waals surface area contributed by atoms with Gasteiger partial charge in [0.25, 0.3) is 5.91 Å². The van der Waals surface area contributed by atoms with Crippen molar-refractivity contribution in [3.05, 3.63) is 52.7 Å². The molecule has 2 rings (SSSR count). The minimum absolute atomic E-state index is 0.0684. The Bertz CT molecular complexity index is 898. The monoisotopic (exact) mass is 424 g/mol. The van der Waals surface area contributed by atoms with Crippen molar-refractivity contribution in [2.45, 2.75) is 6.18 Å². The van der Waals surface area contributed by atoms with Crippen LogP contribution in [0.2, 0.25) is 0 Å². The predicted molar refractivity (Wildman–Crippen MR) is 106 cm³/mol. The zero-order valence-corrected chi connectivity index (χ0v) is 17.0. The number of carbonyl (C=O) groups is 2. The molecule has 0 radical (unpaired) electrons. The number of ketones is 1. The van der Waals surface area contributed by atoms with E-state index in [-0.39, 0.29) is 15.6 Å². The number of nitrogens with zero attached hydrogens (tertiary/aromatic N) is 4. The summed E-state index contributed by atoms with van der Waals surface area (Å²) < 4.78 is 38.3. The highest BCUT2D eigenvalue weighted by Gasteiger charge is 2.30. The average Bonchev–Trinajstić information content (AvgIpc) is 3.09. The zero-order valence-electron chi connectivity index (χ0n) is 16.2. The van der Waals surface area contributed by atoms with Gasteiger partial charge >= 0.3 is 6.18 Å². The van der Waals surface area contributed by atoms with Gasteiger partial charge in [0.1, 0.15) is 9.88 Å². The Balaban J connectivity index is 2.48. The lowest BCUT2D eigenvalue weighted by Crippen LogP contribution is -2.11. The van der Waals surface area contributed by atoms with Crippen molar-refractivity contribution >= 4 is 29.4 Å². The number of halogens is 3. The molecule has 1 amide bonds. The van der Waals surface area contributed by atoms with Crippen LogP contribution in [0, 0.1) is 0 Å². The highest BCUT2D eigenvalue weighted by molar-refractivity contribution is 7.17. The fourth-order valence-electron chi connectivity index (χ4n) is 2.08. The standard InChI is InChI=1S/C19H19F3N4O2S/c1-25(2)10-9-14(27)16-15(17(28)23-11-26(3)4)24-18(29-16)12-5-7-13(8-6-12)19(20,21)22/h5-11H,1-4H3/b10-9-,23-11?. The number of aliphatic imine (C=N–C) groups is 1. The molecule has 0 fully saturated rings. The fourth-order valence-corrected chi connectivity index (χ4v) is 3.06. The molecule has 0 aliphatic heterocycles. The van der Waals surface area contributed by atoms with E-state index in [1.54, 1.807) is 38.0 Å². The van der Waals surface area contributed by atoms with Gasteiger partial charge in [0.15, 0.2) is 11.5 Å². The summed E-state index contributed by atoms with van der Waals surface area (Å²) in [7, 11) is 6.82. The van der Waals surface area contributed by atoms with Crippen molar-refractivity contribution in [1.29, 1.82) is 0 Å². The molecule has 2 aromatic rings. The van der Waals surface area contributed by atoms with Crippen molar-refractivity contribution in [2.75, 3.05) is 28.2 Å². The zero-order chi connectivity index (χ0) is 21.8. The Morgan fingerprint density at radius 2 is 1.69 bits per heavy atom. The van der Waals surface area contributed by atoms with E-state index in [1.165, 1.54) is 30.7 Å². The third kappa shape index (κ3) is 5.98.